The summed E-state index contributed by atoms with van der Waals surface area (Å²) in [5, 5.41) is 2.90. The Balaban J connectivity index is 0.00000122. The molecule has 0 saturated heterocycles. The number of nitrogens with zero attached hydrogens (tertiary/aromatic N) is 1. The summed E-state index contributed by atoms with van der Waals surface area (Å²) >= 11 is 0. The number of anilines is 1. The normalized spacial score (nSPS) is 14.0. The van der Waals surface area contributed by atoms with E-state index >= 15 is 0 Å². The second kappa shape index (κ2) is 12.1. The van der Waals surface area contributed by atoms with Gasteiger partial charge in [0.25, 0.3) is 11.8 Å². The lowest BCUT2D eigenvalue weighted by Crippen LogP contribution is -2.33. The number of hydrogen-bond donors (Lipinski definition) is 2. The van der Waals surface area contributed by atoms with E-state index in [1.54, 1.807) is 29.2 Å². The summed E-state index contributed by atoms with van der Waals surface area (Å²) in [7, 11) is 0. The Hall–Kier alpha value is -3.32. The average molecular weight is 452 g/mol. The molecule has 0 saturated carbocycles. The van der Waals surface area contributed by atoms with Crippen molar-refractivity contribution < 1.29 is 19.2 Å². The number of ketones is 1. The number of rotatable bonds is 8. The third-order valence-electron chi connectivity index (χ3n) is 5.66. The molecule has 7 nitrogen and oxygen atoms in total. The summed E-state index contributed by atoms with van der Waals surface area (Å²) in [6.45, 7) is 7.66. The van der Waals surface area contributed by atoms with Crippen LogP contribution < -0.4 is 11.1 Å². The molecule has 1 aliphatic rings. The van der Waals surface area contributed by atoms with Crippen molar-refractivity contribution in [3.63, 3.8) is 0 Å². The Morgan fingerprint density at radius 3 is 2.36 bits per heavy atom. The van der Waals surface area contributed by atoms with Crippen molar-refractivity contribution in [1.29, 1.82) is 0 Å². The van der Waals surface area contributed by atoms with Crippen LogP contribution in [0.1, 0.15) is 84.8 Å². The fourth-order valence-corrected chi connectivity index (χ4v) is 3.62. The zero-order valence-corrected chi connectivity index (χ0v) is 19.8. The number of benzene rings is 2. The molecule has 3 N–H and O–H groups in total. The summed E-state index contributed by atoms with van der Waals surface area (Å²) in [5.41, 5.74) is 9.56. The number of carbonyl (C=O) groups is 4. The number of nitrogens with one attached hydrogen (secondary N) is 1. The van der Waals surface area contributed by atoms with E-state index in [2.05, 4.69) is 5.32 Å². The van der Waals surface area contributed by atoms with E-state index in [1.807, 2.05) is 39.0 Å². The molecule has 2 atom stereocenters. The minimum absolute atomic E-state index is 0.0121. The smallest absolute Gasteiger partial charge is 0.255 e. The van der Waals surface area contributed by atoms with Crippen molar-refractivity contribution >= 4 is 29.6 Å². The second-order valence-electron chi connectivity index (χ2n) is 8.19. The fraction of sp³-hybridized carbons (Fsp3) is 0.385. The van der Waals surface area contributed by atoms with Crippen LogP contribution in [0.3, 0.4) is 0 Å². The zero-order chi connectivity index (χ0) is 24.5. The standard InChI is InChI=1S/C24H29N3O3.C2H4O/c1-4-21(28)11-5-15(2)27-14-19-13-20(10-12-22(19)24(27)30)26-23(29)18-8-6-17(7-9-18)16(3)25;1-2-3/h6-10,12-13,15-16H,4-5,11,14,25H2,1-3H3,(H,26,29);2H,1H3. The first-order valence-electron chi connectivity index (χ1n) is 11.2. The van der Waals surface area contributed by atoms with Gasteiger partial charge >= 0.3 is 0 Å². The second-order valence-corrected chi connectivity index (χ2v) is 8.19. The van der Waals surface area contributed by atoms with E-state index in [-0.39, 0.29) is 29.7 Å². The Kier molecular flexibility index (Phi) is 9.48. The molecular formula is C26H33N3O4. The first-order chi connectivity index (χ1) is 15.7. The van der Waals surface area contributed by atoms with E-state index in [0.29, 0.717) is 42.6 Å². The number of carbonyl (C=O) groups excluding carboxylic acids is 4. The van der Waals surface area contributed by atoms with E-state index in [4.69, 9.17) is 10.5 Å². The molecule has 0 aromatic heterocycles. The zero-order valence-electron chi connectivity index (χ0n) is 19.8. The van der Waals surface area contributed by atoms with Gasteiger partial charge in [0.15, 0.2) is 0 Å². The third kappa shape index (κ3) is 6.83. The summed E-state index contributed by atoms with van der Waals surface area (Å²) in [6, 6.07) is 12.5. The van der Waals surface area contributed by atoms with Crippen LogP contribution in [0.4, 0.5) is 5.69 Å². The lowest BCUT2D eigenvalue weighted by atomic mass is 10.1. The number of fused-ring (bicyclic) bond motifs is 1. The van der Waals surface area contributed by atoms with Crippen LogP contribution in [-0.2, 0) is 16.1 Å². The van der Waals surface area contributed by atoms with Crippen LogP contribution in [0.25, 0.3) is 0 Å². The molecule has 3 rings (SSSR count). The maximum absolute atomic E-state index is 12.7. The van der Waals surface area contributed by atoms with Gasteiger partial charge in [0.05, 0.1) is 0 Å². The lowest BCUT2D eigenvalue weighted by Gasteiger charge is -2.24. The molecule has 1 heterocycles. The predicted octanol–water partition coefficient (Wildman–Crippen LogP) is 4.27. The van der Waals surface area contributed by atoms with Crippen LogP contribution in [-0.4, -0.2) is 34.8 Å². The minimum Gasteiger partial charge on any atom is -0.332 e. The van der Waals surface area contributed by atoms with Crippen LogP contribution >= 0.6 is 0 Å². The average Bonchev–Trinajstić information content (AvgIpc) is 3.13. The number of aldehydes is 1. The van der Waals surface area contributed by atoms with E-state index in [1.165, 1.54) is 6.92 Å². The predicted molar refractivity (Wildman–Crippen MR) is 129 cm³/mol. The fourth-order valence-electron chi connectivity index (χ4n) is 3.62. The maximum atomic E-state index is 12.7. The summed E-state index contributed by atoms with van der Waals surface area (Å²) < 4.78 is 0. The van der Waals surface area contributed by atoms with Gasteiger partial charge in [-0.15, -0.1) is 0 Å². The molecule has 0 fully saturated rings. The quantitative estimate of drug-likeness (QED) is 0.583. The highest BCUT2D eigenvalue weighted by Gasteiger charge is 2.31. The molecule has 2 aromatic carbocycles. The molecule has 0 bridgehead atoms. The van der Waals surface area contributed by atoms with Gasteiger partial charge in [-0.05, 0) is 68.7 Å². The van der Waals surface area contributed by atoms with Gasteiger partial charge in [-0.3, -0.25) is 14.4 Å². The molecule has 2 aromatic rings. The maximum Gasteiger partial charge on any atom is 0.255 e. The van der Waals surface area contributed by atoms with Gasteiger partial charge in [-0.25, -0.2) is 0 Å². The Morgan fingerprint density at radius 1 is 1.15 bits per heavy atom. The number of amides is 2. The molecule has 7 heteroatoms. The van der Waals surface area contributed by atoms with Gasteiger partial charge in [0.2, 0.25) is 0 Å². The highest BCUT2D eigenvalue weighted by molar-refractivity contribution is 6.05. The Morgan fingerprint density at radius 2 is 1.79 bits per heavy atom. The lowest BCUT2D eigenvalue weighted by molar-refractivity contribution is -0.119. The first-order valence-corrected chi connectivity index (χ1v) is 11.2. The SMILES string of the molecule is CC=O.CCC(=O)CCC(C)N1Cc2cc(NC(=O)c3ccc(C(C)N)cc3)ccc2C1=O. The molecule has 176 valence electrons. The largest absolute Gasteiger partial charge is 0.332 e. The molecule has 2 unspecified atom stereocenters. The Labute approximate surface area is 195 Å². The summed E-state index contributed by atoms with van der Waals surface area (Å²) in [6.07, 6.45) is 2.42. The van der Waals surface area contributed by atoms with Crippen molar-refractivity contribution in [3.05, 3.63) is 64.7 Å². The number of Topliss-reactive ketones (excluding diaryl/α,β-unsaturated/α-hetero) is 1. The third-order valence-corrected chi connectivity index (χ3v) is 5.66. The van der Waals surface area contributed by atoms with Crippen molar-refractivity contribution in [2.45, 2.75) is 65.6 Å². The van der Waals surface area contributed by atoms with Crippen molar-refractivity contribution in [2.24, 2.45) is 5.73 Å². The Bertz CT molecular complexity index is 999. The first kappa shape index (κ1) is 25.9. The van der Waals surface area contributed by atoms with Crippen LogP contribution in [0, 0.1) is 0 Å². The van der Waals surface area contributed by atoms with Gasteiger partial charge in [0.1, 0.15) is 12.1 Å². The van der Waals surface area contributed by atoms with Gasteiger partial charge in [0, 0.05) is 48.3 Å². The number of nitrogens with two attached hydrogens (primary N) is 1. The van der Waals surface area contributed by atoms with Crippen molar-refractivity contribution in [3.8, 4) is 0 Å². The topological polar surface area (TPSA) is 110 Å². The molecular weight excluding hydrogens is 418 g/mol. The molecule has 1 aliphatic heterocycles. The molecule has 2 amide bonds. The summed E-state index contributed by atoms with van der Waals surface area (Å²) in [5.74, 6) is -0.0189. The van der Waals surface area contributed by atoms with Crippen molar-refractivity contribution in [2.75, 3.05) is 5.32 Å². The van der Waals surface area contributed by atoms with Crippen LogP contribution in [0.5, 0.6) is 0 Å². The van der Waals surface area contributed by atoms with Gasteiger partial charge in [-0.2, -0.15) is 0 Å². The molecule has 33 heavy (non-hydrogen) atoms. The van der Waals surface area contributed by atoms with Crippen LogP contribution in [0.15, 0.2) is 42.5 Å². The van der Waals surface area contributed by atoms with E-state index in [9.17, 15) is 14.4 Å². The molecule has 0 spiro atoms. The highest BCUT2D eigenvalue weighted by atomic mass is 16.2. The molecule has 0 aliphatic carbocycles. The summed E-state index contributed by atoms with van der Waals surface area (Å²) in [4.78, 5) is 47.5. The van der Waals surface area contributed by atoms with Crippen LogP contribution in [0.2, 0.25) is 0 Å². The van der Waals surface area contributed by atoms with Gasteiger partial charge < -0.3 is 20.7 Å². The van der Waals surface area contributed by atoms with E-state index < -0.39 is 0 Å². The van der Waals surface area contributed by atoms with E-state index in [0.717, 1.165) is 17.4 Å². The molecule has 0 radical (unpaired) electrons. The number of hydrogen-bond acceptors (Lipinski definition) is 5. The highest BCUT2D eigenvalue weighted by Crippen LogP contribution is 2.28. The van der Waals surface area contributed by atoms with Crippen molar-refractivity contribution in [1.82, 2.24) is 4.90 Å². The van der Waals surface area contributed by atoms with Gasteiger partial charge in [-0.1, -0.05) is 19.1 Å². The monoisotopic (exact) mass is 451 g/mol. The minimum atomic E-state index is -0.209.